The molecular weight excluding hydrogens is 274 g/mol. The van der Waals surface area contributed by atoms with Crippen LogP contribution in [0, 0.1) is 0 Å². The highest BCUT2D eigenvalue weighted by Gasteiger charge is 2.05. The molecule has 3 aromatic rings. The summed E-state index contributed by atoms with van der Waals surface area (Å²) in [5, 5.41) is 3.35. The van der Waals surface area contributed by atoms with Gasteiger partial charge in [0.05, 0.1) is 15.7 Å². The molecule has 3 N–H and O–H groups in total. The van der Waals surface area contributed by atoms with E-state index in [1.165, 1.54) is 0 Å². The second kappa shape index (κ2) is 4.95. The van der Waals surface area contributed by atoms with Gasteiger partial charge < -0.3 is 11.1 Å². The van der Waals surface area contributed by atoms with E-state index in [1.54, 1.807) is 11.3 Å². The van der Waals surface area contributed by atoms with Gasteiger partial charge in [0.25, 0.3) is 0 Å². The summed E-state index contributed by atoms with van der Waals surface area (Å²) in [5.74, 6) is 0. The summed E-state index contributed by atoms with van der Waals surface area (Å²) in [7, 11) is 0. The van der Waals surface area contributed by atoms with Gasteiger partial charge in [-0.15, -0.1) is 11.3 Å². The SMILES string of the molecule is NC(=S)c1ccccc1Nc1ccc2ncsc2c1. The number of nitrogens with two attached hydrogens (primary N) is 1. The van der Waals surface area contributed by atoms with Crippen LogP contribution in [0.1, 0.15) is 5.56 Å². The fourth-order valence-electron chi connectivity index (χ4n) is 1.90. The van der Waals surface area contributed by atoms with Gasteiger partial charge in [-0.1, -0.05) is 24.4 Å². The average Bonchev–Trinajstić information content (AvgIpc) is 2.86. The van der Waals surface area contributed by atoms with Crippen LogP contribution in [0.4, 0.5) is 11.4 Å². The maximum absolute atomic E-state index is 5.73. The number of para-hydroxylation sites is 1. The Morgan fingerprint density at radius 3 is 2.89 bits per heavy atom. The molecule has 0 aliphatic rings. The fraction of sp³-hybridized carbons (Fsp3) is 0. The van der Waals surface area contributed by atoms with E-state index in [-0.39, 0.29) is 0 Å². The van der Waals surface area contributed by atoms with Crippen LogP contribution in [0.5, 0.6) is 0 Å². The van der Waals surface area contributed by atoms with Crippen molar-refractivity contribution in [2.24, 2.45) is 5.73 Å². The topological polar surface area (TPSA) is 50.9 Å². The first kappa shape index (κ1) is 12.1. The summed E-state index contributed by atoms with van der Waals surface area (Å²) in [5.41, 5.74) is 11.3. The first-order chi connectivity index (χ1) is 9.24. The summed E-state index contributed by atoms with van der Waals surface area (Å²) in [4.78, 5) is 4.65. The molecule has 0 saturated heterocycles. The first-order valence-electron chi connectivity index (χ1n) is 5.73. The Morgan fingerprint density at radius 2 is 2.05 bits per heavy atom. The van der Waals surface area contributed by atoms with E-state index in [1.807, 2.05) is 41.9 Å². The molecule has 5 heteroatoms. The number of thiocarbonyl (C=S) groups is 1. The lowest BCUT2D eigenvalue weighted by atomic mass is 10.1. The Morgan fingerprint density at radius 1 is 1.21 bits per heavy atom. The van der Waals surface area contributed by atoms with Gasteiger partial charge in [0, 0.05) is 16.9 Å². The van der Waals surface area contributed by atoms with Crippen molar-refractivity contribution >= 4 is 50.1 Å². The van der Waals surface area contributed by atoms with Gasteiger partial charge in [0.15, 0.2) is 0 Å². The molecule has 0 bridgehead atoms. The molecular formula is C14H11N3S2. The summed E-state index contributed by atoms with van der Waals surface area (Å²) < 4.78 is 1.15. The molecule has 0 fully saturated rings. The number of nitrogens with zero attached hydrogens (tertiary/aromatic N) is 1. The summed E-state index contributed by atoms with van der Waals surface area (Å²) in [6, 6.07) is 13.8. The van der Waals surface area contributed by atoms with Gasteiger partial charge in [-0.25, -0.2) is 4.98 Å². The highest BCUT2D eigenvalue weighted by Crippen LogP contribution is 2.25. The standard InChI is InChI=1S/C14H11N3S2/c15-14(18)10-3-1-2-4-11(10)17-9-5-6-12-13(7-9)19-8-16-12/h1-8,17H,(H2,15,18). The van der Waals surface area contributed by atoms with Crippen molar-refractivity contribution in [1.29, 1.82) is 0 Å². The Bertz CT molecular complexity index is 749. The molecule has 3 nitrogen and oxygen atoms in total. The largest absolute Gasteiger partial charge is 0.389 e. The maximum Gasteiger partial charge on any atom is 0.106 e. The number of fused-ring (bicyclic) bond motifs is 1. The van der Waals surface area contributed by atoms with Crippen molar-refractivity contribution in [3.05, 3.63) is 53.5 Å². The van der Waals surface area contributed by atoms with Gasteiger partial charge in [0.1, 0.15) is 4.99 Å². The van der Waals surface area contributed by atoms with Crippen molar-refractivity contribution in [2.45, 2.75) is 0 Å². The highest BCUT2D eigenvalue weighted by molar-refractivity contribution is 7.80. The molecule has 1 aromatic heterocycles. The first-order valence-corrected chi connectivity index (χ1v) is 7.02. The van der Waals surface area contributed by atoms with Crippen LogP contribution in [0.25, 0.3) is 10.2 Å². The molecule has 0 unspecified atom stereocenters. The molecule has 94 valence electrons. The predicted molar refractivity (Wildman–Crippen MR) is 85.2 cm³/mol. The van der Waals surface area contributed by atoms with E-state index in [0.29, 0.717) is 4.99 Å². The van der Waals surface area contributed by atoms with E-state index in [2.05, 4.69) is 16.4 Å². The second-order valence-corrected chi connectivity index (χ2v) is 5.40. The van der Waals surface area contributed by atoms with Gasteiger partial charge in [0.2, 0.25) is 0 Å². The molecule has 2 aromatic carbocycles. The highest BCUT2D eigenvalue weighted by atomic mass is 32.1. The van der Waals surface area contributed by atoms with Crippen molar-refractivity contribution in [1.82, 2.24) is 4.98 Å². The Labute approximate surface area is 120 Å². The number of thiazole rings is 1. The molecule has 0 radical (unpaired) electrons. The molecule has 0 aliphatic carbocycles. The van der Waals surface area contributed by atoms with Gasteiger partial charge in [-0.2, -0.15) is 0 Å². The van der Waals surface area contributed by atoms with E-state index < -0.39 is 0 Å². The van der Waals surface area contributed by atoms with Crippen molar-refractivity contribution in [3.63, 3.8) is 0 Å². The zero-order chi connectivity index (χ0) is 13.2. The van der Waals surface area contributed by atoms with Gasteiger partial charge in [-0.05, 0) is 30.3 Å². The average molecular weight is 285 g/mol. The molecule has 3 rings (SSSR count). The zero-order valence-electron chi connectivity index (χ0n) is 9.96. The number of rotatable bonds is 3. The number of benzene rings is 2. The Hall–Kier alpha value is -1.98. The molecule has 0 atom stereocenters. The molecule has 0 aliphatic heterocycles. The van der Waals surface area contributed by atoms with E-state index in [4.69, 9.17) is 18.0 Å². The summed E-state index contributed by atoms with van der Waals surface area (Å²) >= 11 is 6.68. The van der Waals surface area contributed by atoms with Crippen LogP contribution in [-0.4, -0.2) is 9.97 Å². The van der Waals surface area contributed by atoms with Crippen LogP contribution in [0.15, 0.2) is 48.0 Å². The third-order valence-corrected chi connectivity index (χ3v) is 3.81. The minimum absolute atomic E-state index is 0.391. The quantitative estimate of drug-likeness (QED) is 0.721. The van der Waals surface area contributed by atoms with Crippen LogP contribution in [0.3, 0.4) is 0 Å². The predicted octanol–water partition coefficient (Wildman–Crippen LogP) is 3.67. The van der Waals surface area contributed by atoms with Gasteiger partial charge in [-0.3, -0.25) is 0 Å². The number of nitrogens with one attached hydrogen (secondary N) is 1. The van der Waals surface area contributed by atoms with Crippen molar-refractivity contribution in [3.8, 4) is 0 Å². The number of anilines is 2. The van der Waals surface area contributed by atoms with E-state index in [9.17, 15) is 0 Å². The lowest BCUT2D eigenvalue weighted by molar-refractivity contribution is 1.49. The Balaban J connectivity index is 1.98. The number of aromatic nitrogens is 1. The molecule has 19 heavy (non-hydrogen) atoms. The smallest absolute Gasteiger partial charge is 0.106 e. The Kier molecular flexibility index (Phi) is 3.15. The fourth-order valence-corrected chi connectivity index (χ4v) is 2.79. The molecule has 0 spiro atoms. The van der Waals surface area contributed by atoms with Crippen LogP contribution >= 0.6 is 23.6 Å². The third kappa shape index (κ3) is 2.43. The lowest BCUT2D eigenvalue weighted by Gasteiger charge is -2.10. The second-order valence-electron chi connectivity index (χ2n) is 4.07. The van der Waals surface area contributed by atoms with Crippen LogP contribution in [-0.2, 0) is 0 Å². The van der Waals surface area contributed by atoms with E-state index >= 15 is 0 Å². The zero-order valence-corrected chi connectivity index (χ0v) is 11.6. The van der Waals surface area contributed by atoms with Crippen molar-refractivity contribution in [2.75, 3.05) is 5.32 Å². The van der Waals surface area contributed by atoms with Crippen LogP contribution in [0.2, 0.25) is 0 Å². The molecule has 0 amide bonds. The van der Waals surface area contributed by atoms with Gasteiger partial charge >= 0.3 is 0 Å². The van der Waals surface area contributed by atoms with E-state index in [0.717, 1.165) is 27.2 Å². The third-order valence-electron chi connectivity index (χ3n) is 2.80. The minimum atomic E-state index is 0.391. The molecule has 1 heterocycles. The normalized spacial score (nSPS) is 10.5. The maximum atomic E-state index is 5.73. The number of hydrogen-bond donors (Lipinski definition) is 2. The van der Waals surface area contributed by atoms with Crippen molar-refractivity contribution < 1.29 is 0 Å². The lowest BCUT2D eigenvalue weighted by Crippen LogP contribution is -2.11. The number of hydrogen-bond acceptors (Lipinski definition) is 4. The summed E-state index contributed by atoms with van der Waals surface area (Å²) in [6.45, 7) is 0. The minimum Gasteiger partial charge on any atom is -0.389 e. The summed E-state index contributed by atoms with van der Waals surface area (Å²) in [6.07, 6.45) is 0. The molecule has 0 saturated carbocycles. The monoisotopic (exact) mass is 285 g/mol. The van der Waals surface area contributed by atoms with Crippen LogP contribution < -0.4 is 11.1 Å².